The van der Waals surface area contributed by atoms with Crippen molar-refractivity contribution < 1.29 is 14.4 Å². The molecule has 0 spiro atoms. The number of rotatable bonds is 4. The lowest BCUT2D eigenvalue weighted by molar-refractivity contribution is -0.122. The number of hydrogen-bond acceptors (Lipinski definition) is 5. The molecule has 0 bridgehead atoms. The van der Waals surface area contributed by atoms with E-state index >= 15 is 0 Å². The SMILES string of the molecule is N#Cc1ccc(/C=C2/SC(=O)N(CC(=O)c3ccc(Cl)cc3)C2=O)cc1. The molecule has 26 heavy (non-hydrogen) atoms. The highest BCUT2D eigenvalue weighted by Crippen LogP contribution is 2.32. The van der Waals surface area contributed by atoms with E-state index in [0.717, 1.165) is 16.7 Å². The molecule has 0 unspecified atom stereocenters. The van der Waals surface area contributed by atoms with Gasteiger partial charge in [0.2, 0.25) is 0 Å². The maximum Gasteiger partial charge on any atom is 0.293 e. The molecule has 0 atom stereocenters. The number of carbonyl (C=O) groups is 3. The first kappa shape index (κ1) is 17.9. The number of nitriles is 1. The van der Waals surface area contributed by atoms with Crippen molar-refractivity contribution >= 4 is 46.4 Å². The summed E-state index contributed by atoms with van der Waals surface area (Å²) in [5.74, 6) is -0.852. The van der Waals surface area contributed by atoms with E-state index < -0.39 is 11.1 Å². The van der Waals surface area contributed by atoms with Gasteiger partial charge in [-0.3, -0.25) is 19.3 Å². The van der Waals surface area contributed by atoms with Crippen LogP contribution in [0.15, 0.2) is 53.4 Å². The van der Waals surface area contributed by atoms with Crippen molar-refractivity contribution in [3.63, 3.8) is 0 Å². The molecule has 0 saturated carbocycles. The molecular weight excluding hydrogens is 372 g/mol. The second-order valence-corrected chi connectivity index (χ2v) is 6.86. The van der Waals surface area contributed by atoms with Crippen molar-refractivity contribution in [3.8, 4) is 6.07 Å². The van der Waals surface area contributed by atoms with Crippen LogP contribution in [0.4, 0.5) is 4.79 Å². The summed E-state index contributed by atoms with van der Waals surface area (Å²) in [5.41, 5.74) is 1.58. The number of thioether (sulfide) groups is 1. The molecule has 1 fully saturated rings. The van der Waals surface area contributed by atoms with Gasteiger partial charge in [-0.05, 0) is 59.8 Å². The summed E-state index contributed by atoms with van der Waals surface area (Å²) in [7, 11) is 0. The standard InChI is InChI=1S/C19H11ClN2O3S/c20-15-7-5-14(6-8-15)16(23)11-22-18(24)17(26-19(22)25)9-12-1-3-13(10-21)4-2-12/h1-9H,11H2/b17-9+. The zero-order chi connectivity index (χ0) is 18.7. The fourth-order valence-corrected chi connectivity index (χ4v) is 3.28. The average Bonchev–Trinajstić information content (AvgIpc) is 2.90. The Balaban J connectivity index is 1.76. The molecule has 2 amide bonds. The molecule has 0 aromatic heterocycles. The van der Waals surface area contributed by atoms with Crippen molar-refractivity contribution in [2.75, 3.05) is 6.54 Å². The quantitative estimate of drug-likeness (QED) is 0.586. The minimum absolute atomic E-state index is 0.239. The Morgan fingerprint density at radius 2 is 1.77 bits per heavy atom. The Hall–Kier alpha value is -2.88. The van der Waals surface area contributed by atoms with Crippen LogP contribution < -0.4 is 0 Å². The van der Waals surface area contributed by atoms with Crippen LogP contribution in [0.1, 0.15) is 21.5 Å². The summed E-state index contributed by atoms with van der Waals surface area (Å²) in [6.45, 7) is -0.322. The van der Waals surface area contributed by atoms with Crippen LogP contribution in [0.5, 0.6) is 0 Å². The van der Waals surface area contributed by atoms with Crippen molar-refractivity contribution in [3.05, 3.63) is 75.1 Å². The molecule has 0 radical (unpaired) electrons. The predicted molar refractivity (Wildman–Crippen MR) is 99.6 cm³/mol. The second kappa shape index (κ2) is 7.56. The van der Waals surface area contributed by atoms with E-state index in [1.807, 2.05) is 6.07 Å². The molecule has 2 aromatic carbocycles. The van der Waals surface area contributed by atoms with Crippen LogP contribution >= 0.6 is 23.4 Å². The number of benzene rings is 2. The van der Waals surface area contributed by atoms with Crippen LogP contribution in [0.2, 0.25) is 5.02 Å². The van der Waals surface area contributed by atoms with Crippen LogP contribution in [-0.4, -0.2) is 28.4 Å². The van der Waals surface area contributed by atoms with Gasteiger partial charge in [0.1, 0.15) is 0 Å². The van der Waals surface area contributed by atoms with Crippen molar-refractivity contribution in [2.45, 2.75) is 0 Å². The molecule has 1 aliphatic heterocycles. The van der Waals surface area contributed by atoms with Gasteiger partial charge < -0.3 is 0 Å². The number of halogens is 1. The first-order valence-corrected chi connectivity index (χ1v) is 8.71. The molecule has 7 heteroatoms. The van der Waals surface area contributed by atoms with Gasteiger partial charge in [0, 0.05) is 10.6 Å². The highest BCUT2D eigenvalue weighted by Gasteiger charge is 2.36. The summed E-state index contributed by atoms with van der Waals surface area (Å²) >= 11 is 6.58. The molecule has 0 aliphatic carbocycles. The number of amides is 2. The number of nitrogens with zero attached hydrogens (tertiary/aromatic N) is 2. The summed E-state index contributed by atoms with van der Waals surface area (Å²) in [6.07, 6.45) is 1.57. The second-order valence-electron chi connectivity index (χ2n) is 5.43. The third-order valence-corrected chi connectivity index (χ3v) is 4.84. The van der Waals surface area contributed by atoms with E-state index in [2.05, 4.69) is 0 Å². The third kappa shape index (κ3) is 3.85. The van der Waals surface area contributed by atoms with E-state index in [1.54, 1.807) is 54.6 Å². The normalized spacial score (nSPS) is 15.4. The minimum atomic E-state index is -0.508. The molecule has 128 valence electrons. The lowest BCUT2D eigenvalue weighted by atomic mass is 10.1. The highest BCUT2D eigenvalue weighted by atomic mass is 35.5. The van der Waals surface area contributed by atoms with Crippen molar-refractivity contribution in [1.29, 1.82) is 5.26 Å². The maximum atomic E-state index is 12.5. The van der Waals surface area contributed by atoms with Crippen molar-refractivity contribution in [2.24, 2.45) is 0 Å². The minimum Gasteiger partial charge on any atom is -0.292 e. The average molecular weight is 383 g/mol. The van der Waals surface area contributed by atoms with E-state index in [9.17, 15) is 14.4 Å². The Bertz CT molecular complexity index is 960. The molecule has 1 aliphatic rings. The topological polar surface area (TPSA) is 78.2 Å². The highest BCUT2D eigenvalue weighted by molar-refractivity contribution is 8.18. The summed E-state index contributed by atoms with van der Waals surface area (Å²) in [4.78, 5) is 38.0. The molecule has 1 heterocycles. The van der Waals surface area contributed by atoms with Gasteiger partial charge in [0.15, 0.2) is 5.78 Å². The molecular formula is C19H11ClN2O3S. The third-order valence-electron chi connectivity index (χ3n) is 3.68. The van der Waals surface area contributed by atoms with Gasteiger partial charge in [-0.1, -0.05) is 23.7 Å². The van der Waals surface area contributed by atoms with E-state index in [-0.39, 0.29) is 17.2 Å². The van der Waals surface area contributed by atoms with Crippen LogP contribution in [0, 0.1) is 11.3 Å². The Morgan fingerprint density at radius 1 is 1.12 bits per heavy atom. The predicted octanol–water partition coefficient (Wildman–Crippen LogP) is 4.13. The fourth-order valence-electron chi connectivity index (χ4n) is 2.31. The van der Waals surface area contributed by atoms with Gasteiger partial charge in [-0.15, -0.1) is 0 Å². The summed E-state index contributed by atoms with van der Waals surface area (Å²) in [5, 5.41) is 8.81. The molecule has 3 rings (SSSR count). The van der Waals surface area contributed by atoms with E-state index in [1.165, 1.54) is 0 Å². The zero-order valence-corrected chi connectivity index (χ0v) is 14.9. The van der Waals surface area contributed by atoms with Gasteiger partial charge in [0.05, 0.1) is 23.1 Å². The van der Waals surface area contributed by atoms with Gasteiger partial charge >= 0.3 is 0 Å². The Morgan fingerprint density at radius 3 is 2.38 bits per heavy atom. The first-order valence-electron chi connectivity index (χ1n) is 7.52. The van der Waals surface area contributed by atoms with E-state index in [4.69, 9.17) is 16.9 Å². The number of carbonyl (C=O) groups excluding carboxylic acids is 3. The maximum absolute atomic E-state index is 12.5. The van der Waals surface area contributed by atoms with Gasteiger partial charge in [-0.2, -0.15) is 5.26 Å². The smallest absolute Gasteiger partial charge is 0.292 e. The Kier molecular flexibility index (Phi) is 5.21. The molecule has 0 N–H and O–H groups in total. The molecule has 1 saturated heterocycles. The van der Waals surface area contributed by atoms with E-state index in [0.29, 0.717) is 21.7 Å². The monoisotopic (exact) mass is 382 g/mol. The van der Waals surface area contributed by atoms with Gasteiger partial charge in [0.25, 0.3) is 11.1 Å². The zero-order valence-electron chi connectivity index (χ0n) is 13.3. The Labute approximate surface area is 158 Å². The lowest BCUT2D eigenvalue weighted by Crippen LogP contribution is -2.33. The van der Waals surface area contributed by atoms with Crippen LogP contribution in [0.25, 0.3) is 6.08 Å². The number of ketones is 1. The summed E-state index contributed by atoms with van der Waals surface area (Å²) < 4.78 is 0. The van der Waals surface area contributed by atoms with Crippen molar-refractivity contribution in [1.82, 2.24) is 4.90 Å². The van der Waals surface area contributed by atoms with Crippen LogP contribution in [0.3, 0.4) is 0 Å². The molecule has 2 aromatic rings. The fraction of sp³-hybridized carbons (Fsp3) is 0.0526. The number of Topliss-reactive ketones (excluding diaryl/α,β-unsaturated/α-hetero) is 1. The molecule has 5 nitrogen and oxygen atoms in total. The number of imide groups is 1. The largest absolute Gasteiger partial charge is 0.293 e. The number of hydrogen-bond donors (Lipinski definition) is 0. The first-order chi connectivity index (χ1) is 12.5. The van der Waals surface area contributed by atoms with Crippen LogP contribution in [-0.2, 0) is 4.79 Å². The van der Waals surface area contributed by atoms with Gasteiger partial charge in [-0.25, -0.2) is 0 Å². The lowest BCUT2D eigenvalue weighted by Gasteiger charge is -2.11. The summed E-state index contributed by atoms with van der Waals surface area (Å²) in [6, 6.07) is 14.9.